The summed E-state index contributed by atoms with van der Waals surface area (Å²) in [6.07, 6.45) is 1.56. The Hall–Kier alpha value is -2.77. The molecular formula is C14H11F2N3O3. The lowest BCUT2D eigenvalue weighted by Crippen LogP contribution is -2.40. The highest BCUT2D eigenvalue weighted by molar-refractivity contribution is 5.87. The summed E-state index contributed by atoms with van der Waals surface area (Å²) in [6.45, 7) is 0.434. The van der Waals surface area contributed by atoms with Crippen LogP contribution in [0.4, 0.5) is 13.6 Å². The first-order chi connectivity index (χ1) is 10.5. The van der Waals surface area contributed by atoms with E-state index in [-0.39, 0.29) is 12.2 Å². The van der Waals surface area contributed by atoms with Crippen LogP contribution >= 0.6 is 0 Å². The highest BCUT2D eigenvalue weighted by Gasteiger charge is 2.27. The Morgan fingerprint density at radius 1 is 1.32 bits per heavy atom. The third-order valence-corrected chi connectivity index (χ3v) is 3.44. The van der Waals surface area contributed by atoms with Crippen LogP contribution in [0, 0.1) is 11.6 Å². The van der Waals surface area contributed by atoms with Crippen molar-refractivity contribution in [3.63, 3.8) is 0 Å². The predicted molar refractivity (Wildman–Crippen MR) is 70.5 cm³/mol. The standard InChI is InChI=1S/C14H11F2N3O3/c15-9-2-1-8(5-10(9)16)6-18-4-3-12-17-11(13(20)21)7-19(12)14(18)22/h1-2,5,7H,3-4,6H2,(H,20,21). The number of hydrogen-bond donors (Lipinski definition) is 1. The number of aromatic nitrogens is 2. The summed E-state index contributed by atoms with van der Waals surface area (Å²) in [5, 5.41) is 8.90. The van der Waals surface area contributed by atoms with Gasteiger partial charge in [-0.15, -0.1) is 0 Å². The first kappa shape index (κ1) is 14.2. The highest BCUT2D eigenvalue weighted by Crippen LogP contribution is 2.17. The second kappa shape index (κ2) is 5.21. The zero-order valence-electron chi connectivity index (χ0n) is 11.3. The molecule has 1 aliphatic rings. The van der Waals surface area contributed by atoms with Crippen molar-refractivity contribution in [1.29, 1.82) is 0 Å². The van der Waals surface area contributed by atoms with Gasteiger partial charge in [0.1, 0.15) is 5.82 Å². The van der Waals surface area contributed by atoms with E-state index in [2.05, 4.69) is 4.98 Å². The molecule has 2 heterocycles. The molecule has 0 fully saturated rings. The summed E-state index contributed by atoms with van der Waals surface area (Å²) in [4.78, 5) is 28.5. The monoisotopic (exact) mass is 307 g/mol. The SMILES string of the molecule is O=C(O)c1cn2c(n1)CCN(Cc1ccc(F)c(F)c1)C2=O. The minimum Gasteiger partial charge on any atom is -0.476 e. The normalized spacial score (nSPS) is 14.1. The fourth-order valence-electron chi connectivity index (χ4n) is 2.35. The molecular weight excluding hydrogens is 296 g/mol. The van der Waals surface area contributed by atoms with E-state index < -0.39 is 23.6 Å². The van der Waals surface area contributed by atoms with Gasteiger partial charge in [-0.25, -0.2) is 23.4 Å². The summed E-state index contributed by atoms with van der Waals surface area (Å²) in [7, 11) is 0. The maximum atomic E-state index is 13.2. The molecule has 114 valence electrons. The number of benzene rings is 1. The topological polar surface area (TPSA) is 75.4 Å². The first-order valence-electron chi connectivity index (χ1n) is 6.50. The summed E-state index contributed by atoms with van der Waals surface area (Å²) < 4.78 is 27.3. The number of amides is 1. The molecule has 1 N–H and O–H groups in total. The minimum atomic E-state index is -1.21. The van der Waals surface area contributed by atoms with Crippen LogP contribution in [0.1, 0.15) is 21.9 Å². The largest absolute Gasteiger partial charge is 0.476 e. The van der Waals surface area contributed by atoms with Gasteiger partial charge < -0.3 is 10.0 Å². The fraction of sp³-hybridized carbons (Fsp3) is 0.214. The number of imidazole rings is 1. The molecule has 3 rings (SSSR count). The number of carbonyl (C=O) groups excluding carboxylic acids is 1. The average Bonchev–Trinajstić information content (AvgIpc) is 2.91. The molecule has 0 bridgehead atoms. The molecule has 0 saturated heterocycles. The van der Waals surface area contributed by atoms with Crippen molar-refractivity contribution in [2.75, 3.05) is 6.54 Å². The number of halogens is 2. The van der Waals surface area contributed by atoms with Crippen molar-refractivity contribution in [3.05, 3.63) is 53.1 Å². The molecule has 8 heteroatoms. The summed E-state index contributed by atoms with van der Waals surface area (Å²) in [6, 6.07) is 3.00. The van der Waals surface area contributed by atoms with Crippen LogP contribution in [0.25, 0.3) is 0 Å². The van der Waals surface area contributed by atoms with Crippen LogP contribution in [-0.2, 0) is 13.0 Å². The van der Waals surface area contributed by atoms with Crippen molar-refractivity contribution in [2.45, 2.75) is 13.0 Å². The summed E-state index contributed by atoms with van der Waals surface area (Å²) in [5.74, 6) is -2.75. The van der Waals surface area contributed by atoms with Crippen LogP contribution in [0.3, 0.4) is 0 Å². The van der Waals surface area contributed by atoms with Gasteiger partial charge in [0.05, 0.1) is 0 Å². The maximum absolute atomic E-state index is 13.2. The van der Waals surface area contributed by atoms with E-state index in [4.69, 9.17) is 5.11 Å². The van der Waals surface area contributed by atoms with Gasteiger partial charge in [-0.1, -0.05) is 6.07 Å². The molecule has 0 radical (unpaired) electrons. The molecule has 1 amide bonds. The van der Waals surface area contributed by atoms with Crippen LogP contribution in [0.5, 0.6) is 0 Å². The molecule has 0 unspecified atom stereocenters. The number of hydrogen-bond acceptors (Lipinski definition) is 3. The zero-order valence-corrected chi connectivity index (χ0v) is 11.3. The Morgan fingerprint density at radius 3 is 2.77 bits per heavy atom. The Balaban J connectivity index is 1.83. The maximum Gasteiger partial charge on any atom is 0.356 e. The molecule has 2 aromatic rings. The first-order valence-corrected chi connectivity index (χ1v) is 6.50. The Kier molecular flexibility index (Phi) is 3.36. The quantitative estimate of drug-likeness (QED) is 0.939. The van der Waals surface area contributed by atoms with E-state index in [0.29, 0.717) is 24.4 Å². The second-order valence-electron chi connectivity index (χ2n) is 4.92. The number of carboxylic acids is 1. The molecule has 1 aromatic heterocycles. The third-order valence-electron chi connectivity index (χ3n) is 3.44. The average molecular weight is 307 g/mol. The third kappa shape index (κ3) is 2.43. The van der Waals surface area contributed by atoms with E-state index in [1.54, 1.807) is 0 Å². The van der Waals surface area contributed by atoms with Crippen molar-refractivity contribution >= 4 is 12.0 Å². The Morgan fingerprint density at radius 2 is 2.09 bits per heavy atom. The van der Waals surface area contributed by atoms with Gasteiger partial charge in [-0.2, -0.15) is 0 Å². The van der Waals surface area contributed by atoms with Gasteiger partial charge in [-0.3, -0.25) is 4.57 Å². The highest BCUT2D eigenvalue weighted by atomic mass is 19.2. The number of aromatic carboxylic acids is 1. The number of rotatable bonds is 3. The van der Waals surface area contributed by atoms with E-state index in [1.807, 2.05) is 0 Å². The van der Waals surface area contributed by atoms with Crippen LogP contribution < -0.4 is 0 Å². The molecule has 0 saturated carbocycles. The molecule has 0 spiro atoms. The van der Waals surface area contributed by atoms with E-state index >= 15 is 0 Å². The van der Waals surface area contributed by atoms with Gasteiger partial charge in [-0.05, 0) is 17.7 Å². The van der Waals surface area contributed by atoms with E-state index in [0.717, 1.165) is 18.3 Å². The van der Waals surface area contributed by atoms with E-state index in [9.17, 15) is 18.4 Å². The lowest BCUT2D eigenvalue weighted by Gasteiger charge is -2.27. The lowest BCUT2D eigenvalue weighted by atomic mass is 10.2. The molecule has 6 nitrogen and oxygen atoms in total. The molecule has 1 aromatic carbocycles. The van der Waals surface area contributed by atoms with Crippen molar-refractivity contribution in [2.24, 2.45) is 0 Å². The molecule has 1 aliphatic heterocycles. The van der Waals surface area contributed by atoms with Gasteiger partial charge in [0, 0.05) is 25.7 Å². The van der Waals surface area contributed by atoms with Crippen LogP contribution in [-0.4, -0.2) is 38.1 Å². The van der Waals surface area contributed by atoms with Gasteiger partial charge in [0.15, 0.2) is 17.3 Å². The van der Waals surface area contributed by atoms with Gasteiger partial charge in [0.2, 0.25) is 0 Å². The van der Waals surface area contributed by atoms with Crippen molar-refractivity contribution in [3.8, 4) is 0 Å². The van der Waals surface area contributed by atoms with Gasteiger partial charge >= 0.3 is 12.0 Å². The summed E-state index contributed by atoms with van der Waals surface area (Å²) >= 11 is 0. The fourth-order valence-corrected chi connectivity index (χ4v) is 2.35. The second-order valence-corrected chi connectivity index (χ2v) is 4.92. The smallest absolute Gasteiger partial charge is 0.356 e. The number of nitrogens with zero attached hydrogens (tertiary/aromatic N) is 3. The van der Waals surface area contributed by atoms with Crippen LogP contribution in [0.2, 0.25) is 0 Å². The summed E-state index contributed by atoms with van der Waals surface area (Å²) in [5.41, 5.74) is 0.257. The Bertz CT molecular complexity index is 773. The number of carbonyl (C=O) groups is 2. The van der Waals surface area contributed by atoms with Gasteiger partial charge in [0.25, 0.3) is 0 Å². The van der Waals surface area contributed by atoms with Crippen molar-refractivity contribution < 1.29 is 23.5 Å². The Labute approximate surface area is 123 Å². The molecule has 0 atom stereocenters. The lowest BCUT2D eigenvalue weighted by molar-refractivity contribution is 0.0691. The number of fused-ring (bicyclic) bond motifs is 1. The zero-order chi connectivity index (χ0) is 15.9. The molecule has 22 heavy (non-hydrogen) atoms. The van der Waals surface area contributed by atoms with Crippen LogP contribution in [0.15, 0.2) is 24.4 Å². The molecule has 0 aliphatic carbocycles. The van der Waals surface area contributed by atoms with E-state index in [1.165, 1.54) is 15.5 Å². The van der Waals surface area contributed by atoms with Crippen molar-refractivity contribution in [1.82, 2.24) is 14.5 Å². The minimum absolute atomic E-state index is 0.107. The number of carboxylic acid groups (broad SMARTS) is 1. The predicted octanol–water partition coefficient (Wildman–Crippen LogP) is 1.89.